The highest BCUT2D eigenvalue weighted by atomic mass is 35.5. The molecule has 0 saturated carbocycles. The van der Waals surface area contributed by atoms with Crippen LogP contribution in [0.15, 0.2) is 24.3 Å². The van der Waals surface area contributed by atoms with Crippen LogP contribution in [0.4, 0.5) is 11.4 Å². The lowest BCUT2D eigenvalue weighted by atomic mass is 10.2. The van der Waals surface area contributed by atoms with E-state index in [9.17, 15) is 10.1 Å². The molecule has 1 aromatic rings. The van der Waals surface area contributed by atoms with E-state index in [0.29, 0.717) is 6.04 Å². The number of nitrogens with zero attached hydrogens (tertiary/aromatic N) is 2. The molecule has 1 fully saturated rings. The fraction of sp³-hybridized carbons (Fsp3) is 0.455. The van der Waals surface area contributed by atoms with E-state index in [4.69, 9.17) is 0 Å². The molecule has 0 radical (unpaired) electrons. The van der Waals surface area contributed by atoms with Gasteiger partial charge < -0.3 is 10.2 Å². The number of nitro groups is 1. The van der Waals surface area contributed by atoms with E-state index in [1.165, 1.54) is 0 Å². The van der Waals surface area contributed by atoms with Crippen LogP contribution < -0.4 is 10.2 Å². The number of likely N-dealkylation sites (N-methyl/N-ethyl adjacent to an activating group) is 1. The number of nitrogens with one attached hydrogen (secondary N) is 1. The van der Waals surface area contributed by atoms with Crippen LogP contribution in [0.1, 0.15) is 6.42 Å². The Morgan fingerprint density at radius 3 is 2.53 bits per heavy atom. The Hall–Kier alpha value is -1.33. The normalized spacial score (nSPS) is 18.5. The summed E-state index contributed by atoms with van der Waals surface area (Å²) in [7, 11) is 2.03. The Labute approximate surface area is 106 Å². The van der Waals surface area contributed by atoms with Crippen molar-refractivity contribution in [3.63, 3.8) is 0 Å². The third-order valence-corrected chi connectivity index (χ3v) is 3.05. The van der Waals surface area contributed by atoms with Crippen LogP contribution in [0, 0.1) is 10.1 Å². The highest BCUT2D eigenvalue weighted by molar-refractivity contribution is 5.85. The first-order valence-corrected chi connectivity index (χ1v) is 5.36. The van der Waals surface area contributed by atoms with E-state index in [2.05, 4.69) is 10.2 Å². The zero-order chi connectivity index (χ0) is 11.5. The van der Waals surface area contributed by atoms with Gasteiger partial charge in [0.25, 0.3) is 5.69 Å². The smallest absolute Gasteiger partial charge is 0.269 e. The summed E-state index contributed by atoms with van der Waals surface area (Å²) in [5.41, 5.74) is 1.17. The molecule has 0 aliphatic carbocycles. The maximum absolute atomic E-state index is 10.5. The van der Waals surface area contributed by atoms with Crippen LogP contribution in [0.2, 0.25) is 0 Å². The minimum absolute atomic E-state index is 0. The lowest BCUT2D eigenvalue weighted by Gasteiger charge is -2.25. The predicted octanol–water partition coefficient (Wildman–Crippen LogP) is 1.81. The topological polar surface area (TPSA) is 58.4 Å². The first-order valence-electron chi connectivity index (χ1n) is 5.36. The highest BCUT2D eigenvalue weighted by Crippen LogP contribution is 2.21. The summed E-state index contributed by atoms with van der Waals surface area (Å²) in [6.45, 7) is 2.02. The number of nitro benzene ring substituents is 1. The monoisotopic (exact) mass is 257 g/mol. The van der Waals surface area contributed by atoms with Crippen molar-refractivity contribution in [2.75, 3.05) is 25.0 Å². The molecule has 5 nitrogen and oxygen atoms in total. The molecule has 0 aromatic heterocycles. The quantitative estimate of drug-likeness (QED) is 0.663. The van der Waals surface area contributed by atoms with Crippen molar-refractivity contribution in [3.05, 3.63) is 34.4 Å². The van der Waals surface area contributed by atoms with Crippen molar-refractivity contribution >= 4 is 23.8 Å². The van der Waals surface area contributed by atoms with Crippen LogP contribution in [-0.4, -0.2) is 31.1 Å². The molecular formula is C11H16ClN3O2. The van der Waals surface area contributed by atoms with Crippen molar-refractivity contribution in [1.29, 1.82) is 0 Å². The lowest BCUT2D eigenvalue weighted by molar-refractivity contribution is -0.384. The van der Waals surface area contributed by atoms with Gasteiger partial charge in [0, 0.05) is 37.5 Å². The molecule has 1 atom stereocenters. The van der Waals surface area contributed by atoms with Gasteiger partial charge in [0.15, 0.2) is 0 Å². The number of benzene rings is 1. The summed E-state index contributed by atoms with van der Waals surface area (Å²) < 4.78 is 0. The number of hydrogen-bond acceptors (Lipinski definition) is 4. The Morgan fingerprint density at radius 1 is 1.41 bits per heavy atom. The summed E-state index contributed by atoms with van der Waals surface area (Å²) >= 11 is 0. The molecule has 1 N–H and O–H groups in total. The second kappa shape index (κ2) is 5.84. The van der Waals surface area contributed by atoms with Gasteiger partial charge in [-0.2, -0.15) is 0 Å². The van der Waals surface area contributed by atoms with Crippen molar-refractivity contribution in [3.8, 4) is 0 Å². The van der Waals surface area contributed by atoms with Gasteiger partial charge in [0.05, 0.1) is 4.92 Å². The summed E-state index contributed by atoms with van der Waals surface area (Å²) in [5.74, 6) is 0. The summed E-state index contributed by atoms with van der Waals surface area (Å²) in [5, 5.41) is 13.8. The molecule has 1 aliphatic heterocycles. The van der Waals surface area contributed by atoms with Gasteiger partial charge in [-0.1, -0.05) is 0 Å². The average Bonchev–Trinajstić information content (AvgIpc) is 2.81. The Kier molecular flexibility index (Phi) is 4.72. The molecule has 0 amide bonds. The molecule has 0 spiro atoms. The summed E-state index contributed by atoms with van der Waals surface area (Å²) in [6, 6.07) is 7.19. The van der Waals surface area contributed by atoms with Crippen molar-refractivity contribution in [2.45, 2.75) is 12.5 Å². The molecule has 1 heterocycles. The molecule has 1 aliphatic rings. The van der Waals surface area contributed by atoms with E-state index in [1.54, 1.807) is 24.3 Å². The van der Waals surface area contributed by atoms with E-state index >= 15 is 0 Å². The second-order valence-electron chi connectivity index (χ2n) is 4.03. The van der Waals surface area contributed by atoms with Crippen molar-refractivity contribution in [1.82, 2.24) is 5.32 Å². The SMILES string of the molecule is CN(c1ccc([N+](=O)[O-])cc1)[C@H]1CCNC1.Cl. The maximum Gasteiger partial charge on any atom is 0.269 e. The van der Waals surface area contributed by atoms with E-state index < -0.39 is 0 Å². The van der Waals surface area contributed by atoms with Crippen LogP contribution >= 0.6 is 12.4 Å². The standard InChI is InChI=1S/C11H15N3O2.ClH/c1-13(11-6-7-12-8-11)9-2-4-10(5-3-9)14(15)16;/h2-5,11-12H,6-8H2,1H3;1H/t11-;/m0./s1. The van der Waals surface area contributed by atoms with Crippen LogP contribution in [-0.2, 0) is 0 Å². The first kappa shape index (κ1) is 13.7. The van der Waals surface area contributed by atoms with Gasteiger partial charge >= 0.3 is 0 Å². The third kappa shape index (κ3) is 3.08. The molecule has 2 rings (SSSR count). The zero-order valence-electron chi connectivity index (χ0n) is 9.63. The lowest BCUT2D eigenvalue weighted by Crippen LogP contribution is -2.33. The maximum atomic E-state index is 10.5. The fourth-order valence-corrected chi connectivity index (χ4v) is 1.99. The van der Waals surface area contributed by atoms with Crippen molar-refractivity contribution < 1.29 is 4.92 Å². The average molecular weight is 258 g/mol. The highest BCUT2D eigenvalue weighted by Gasteiger charge is 2.19. The molecule has 17 heavy (non-hydrogen) atoms. The van der Waals surface area contributed by atoms with E-state index in [1.807, 2.05) is 7.05 Å². The molecular weight excluding hydrogens is 242 g/mol. The van der Waals surface area contributed by atoms with Gasteiger partial charge in [-0.05, 0) is 25.1 Å². The van der Waals surface area contributed by atoms with Gasteiger partial charge in [-0.15, -0.1) is 12.4 Å². The van der Waals surface area contributed by atoms with Gasteiger partial charge in [-0.3, -0.25) is 10.1 Å². The zero-order valence-corrected chi connectivity index (χ0v) is 10.4. The summed E-state index contributed by atoms with van der Waals surface area (Å²) in [4.78, 5) is 12.3. The van der Waals surface area contributed by atoms with Crippen molar-refractivity contribution in [2.24, 2.45) is 0 Å². The fourth-order valence-electron chi connectivity index (χ4n) is 1.99. The Balaban J connectivity index is 0.00000144. The van der Waals surface area contributed by atoms with Crippen LogP contribution in [0.3, 0.4) is 0 Å². The van der Waals surface area contributed by atoms with Crippen LogP contribution in [0.25, 0.3) is 0 Å². The molecule has 6 heteroatoms. The van der Waals surface area contributed by atoms with Gasteiger partial charge in [-0.25, -0.2) is 0 Å². The molecule has 1 saturated heterocycles. The Bertz CT molecular complexity index is 377. The first-order chi connectivity index (χ1) is 7.68. The minimum atomic E-state index is -0.374. The molecule has 0 unspecified atom stereocenters. The molecule has 94 valence electrons. The van der Waals surface area contributed by atoms with E-state index in [-0.39, 0.29) is 23.0 Å². The molecule has 0 bridgehead atoms. The number of rotatable bonds is 3. The minimum Gasteiger partial charge on any atom is -0.370 e. The second-order valence-corrected chi connectivity index (χ2v) is 4.03. The van der Waals surface area contributed by atoms with Crippen LogP contribution in [0.5, 0.6) is 0 Å². The third-order valence-electron chi connectivity index (χ3n) is 3.05. The number of anilines is 1. The van der Waals surface area contributed by atoms with Gasteiger partial charge in [0.2, 0.25) is 0 Å². The van der Waals surface area contributed by atoms with Gasteiger partial charge in [0.1, 0.15) is 0 Å². The number of halogens is 1. The number of hydrogen-bond donors (Lipinski definition) is 1. The largest absolute Gasteiger partial charge is 0.370 e. The Morgan fingerprint density at radius 2 is 2.06 bits per heavy atom. The predicted molar refractivity (Wildman–Crippen MR) is 70.0 cm³/mol. The number of non-ortho nitro benzene ring substituents is 1. The summed E-state index contributed by atoms with van der Waals surface area (Å²) in [6.07, 6.45) is 1.12. The van der Waals surface area contributed by atoms with E-state index in [0.717, 1.165) is 25.2 Å². The molecule has 1 aromatic carbocycles.